The number of anilines is 1. The monoisotopic (exact) mass is 491 g/mol. The van der Waals surface area contributed by atoms with Gasteiger partial charge in [-0.25, -0.2) is 4.79 Å². The van der Waals surface area contributed by atoms with Gasteiger partial charge in [-0.15, -0.1) is 11.3 Å². The molecule has 0 atom stereocenters. The lowest BCUT2D eigenvalue weighted by Crippen LogP contribution is -2.25. The number of ether oxygens (including phenoxy) is 2. The maximum Gasteiger partial charge on any atom is 0.359 e. The summed E-state index contributed by atoms with van der Waals surface area (Å²) in [5.74, 6) is -0.222. The van der Waals surface area contributed by atoms with Crippen molar-refractivity contribution in [1.29, 1.82) is 0 Å². The molecule has 0 spiro atoms. The lowest BCUT2D eigenvalue weighted by atomic mass is 10.1. The van der Waals surface area contributed by atoms with E-state index >= 15 is 0 Å². The number of aryl methyl sites for hydroxylation is 1. The lowest BCUT2D eigenvalue weighted by molar-refractivity contribution is -0.116. The number of benzene rings is 2. The zero-order valence-electron chi connectivity index (χ0n) is 19.4. The van der Waals surface area contributed by atoms with Gasteiger partial charge in [0.25, 0.3) is 5.56 Å². The molecule has 1 amide bonds. The van der Waals surface area contributed by atoms with Crippen LogP contribution < -0.4 is 15.6 Å². The third-order valence-electron chi connectivity index (χ3n) is 5.40. The van der Waals surface area contributed by atoms with Gasteiger partial charge in [-0.3, -0.25) is 9.59 Å². The van der Waals surface area contributed by atoms with E-state index in [1.807, 2.05) is 30.3 Å². The first-order chi connectivity index (χ1) is 17.0. The maximum atomic E-state index is 13.5. The second kappa shape index (κ2) is 11.0. The summed E-state index contributed by atoms with van der Waals surface area (Å²) in [5.41, 5.74) is 1.18. The van der Waals surface area contributed by atoms with Crippen LogP contribution in [0.15, 0.2) is 64.8 Å². The molecule has 0 fully saturated rings. The van der Waals surface area contributed by atoms with Crippen LogP contribution in [0.2, 0.25) is 0 Å². The molecule has 35 heavy (non-hydrogen) atoms. The van der Waals surface area contributed by atoms with E-state index < -0.39 is 11.5 Å². The molecule has 180 valence electrons. The molecule has 2 aromatic carbocycles. The molecule has 0 bridgehead atoms. The highest BCUT2D eigenvalue weighted by Gasteiger charge is 2.23. The molecule has 4 rings (SSSR count). The van der Waals surface area contributed by atoms with Gasteiger partial charge < -0.3 is 14.8 Å². The van der Waals surface area contributed by atoms with Crippen LogP contribution in [0, 0.1) is 0 Å². The number of esters is 1. The van der Waals surface area contributed by atoms with E-state index in [0.29, 0.717) is 34.7 Å². The minimum atomic E-state index is -0.640. The summed E-state index contributed by atoms with van der Waals surface area (Å²) in [5, 5.41) is 9.76. The molecule has 2 aromatic heterocycles. The van der Waals surface area contributed by atoms with Crippen LogP contribution in [0.5, 0.6) is 5.75 Å². The number of amides is 1. The first kappa shape index (κ1) is 24.2. The summed E-state index contributed by atoms with van der Waals surface area (Å²) in [6, 6.07) is 16.7. The molecular weight excluding hydrogens is 466 g/mol. The number of hydrogen-bond acceptors (Lipinski definition) is 7. The number of aromatic nitrogens is 2. The summed E-state index contributed by atoms with van der Waals surface area (Å²) in [7, 11) is 1.55. The van der Waals surface area contributed by atoms with Gasteiger partial charge in [0, 0.05) is 17.2 Å². The minimum Gasteiger partial charge on any atom is -0.497 e. The van der Waals surface area contributed by atoms with Gasteiger partial charge in [0.1, 0.15) is 10.8 Å². The predicted octanol–water partition coefficient (Wildman–Crippen LogP) is 4.59. The van der Waals surface area contributed by atoms with Crippen molar-refractivity contribution in [3.8, 4) is 11.4 Å². The van der Waals surface area contributed by atoms with E-state index in [-0.39, 0.29) is 23.6 Å². The Labute approximate surface area is 206 Å². The van der Waals surface area contributed by atoms with Crippen LogP contribution in [0.4, 0.5) is 5.00 Å². The molecule has 0 saturated carbocycles. The van der Waals surface area contributed by atoms with Crippen molar-refractivity contribution in [2.75, 3.05) is 19.0 Å². The van der Waals surface area contributed by atoms with Gasteiger partial charge in [-0.05, 0) is 49.6 Å². The fourth-order valence-corrected chi connectivity index (χ4v) is 4.63. The molecule has 0 aliphatic rings. The quantitative estimate of drug-likeness (QED) is 0.344. The summed E-state index contributed by atoms with van der Waals surface area (Å²) in [6.07, 6.45) is 1.75. The fraction of sp³-hybridized carbons (Fsp3) is 0.231. The van der Waals surface area contributed by atoms with Crippen molar-refractivity contribution in [1.82, 2.24) is 9.78 Å². The van der Waals surface area contributed by atoms with Gasteiger partial charge >= 0.3 is 5.97 Å². The molecule has 0 radical (unpaired) electrons. The van der Waals surface area contributed by atoms with Crippen molar-refractivity contribution < 1.29 is 19.1 Å². The van der Waals surface area contributed by atoms with E-state index in [0.717, 1.165) is 16.7 Å². The van der Waals surface area contributed by atoms with E-state index in [2.05, 4.69) is 10.4 Å². The number of thiophene rings is 1. The zero-order chi connectivity index (χ0) is 24.8. The Kier molecular flexibility index (Phi) is 7.57. The van der Waals surface area contributed by atoms with E-state index in [9.17, 15) is 14.4 Å². The fourth-order valence-electron chi connectivity index (χ4n) is 3.68. The number of nitrogens with one attached hydrogen (secondary N) is 1. The first-order valence-corrected chi connectivity index (χ1v) is 12.1. The summed E-state index contributed by atoms with van der Waals surface area (Å²) >= 11 is 1.18. The van der Waals surface area contributed by atoms with Gasteiger partial charge in [-0.1, -0.05) is 30.3 Å². The van der Waals surface area contributed by atoms with Gasteiger partial charge in [0.05, 0.1) is 24.8 Å². The summed E-state index contributed by atoms with van der Waals surface area (Å²) in [4.78, 5) is 38.8. The average Bonchev–Trinajstić information content (AvgIpc) is 3.29. The zero-order valence-corrected chi connectivity index (χ0v) is 20.3. The van der Waals surface area contributed by atoms with Crippen molar-refractivity contribution in [3.05, 3.63) is 81.6 Å². The number of rotatable bonds is 9. The molecule has 9 heteroatoms. The third kappa shape index (κ3) is 5.41. The van der Waals surface area contributed by atoms with Crippen LogP contribution in [-0.2, 0) is 16.0 Å². The molecule has 0 aliphatic heterocycles. The van der Waals surface area contributed by atoms with Crippen molar-refractivity contribution in [3.63, 3.8) is 0 Å². The number of nitrogens with zero attached hydrogens (tertiary/aromatic N) is 2. The molecule has 0 aliphatic carbocycles. The highest BCUT2D eigenvalue weighted by atomic mass is 32.1. The lowest BCUT2D eigenvalue weighted by Gasteiger charge is -2.10. The smallest absolute Gasteiger partial charge is 0.359 e. The molecule has 0 unspecified atom stereocenters. The van der Waals surface area contributed by atoms with Gasteiger partial charge in [-0.2, -0.15) is 9.78 Å². The highest BCUT2D eigenvalue weighted by Crippen LogP contribution is 2.31. The largest absolute Gasteiger partial charge is 0.497 e. The second-order valence-electron chi connectivity index (χ2n) is 7.72. The van der Waals surface area contributed by atoms with Gasteiger partial charge in [0.15, 0.2) is 5.69 Å². The molecule has 8 nitrogen and oxygen atoms in total. The average molecular weight is 492 g/mol. The van der Waals surface area contributed by atoms with Crippen LogP contribution >= 0.6 is 11.3 Å². The predicted molar refractivity (Wildman–Crippen MR) is 136 cm³/mol. The molecular formula is C26H25N3O5S. The maximum absolute atomic E-state index is 13.5. The number of hydrogen-bond donors (Lipinski definition) is 1. The van der Waals surface area contributed by atoms with E-state index in [1.54, 1.807) is 43.7 Å². The number of methoxy groups -OCH3 is 1. The summed E-state index contributed by atoms with van der Waals surface area (Å²) < 4.78 is 11.5. The molecule has 1 N–H and O–H groups in total. The van der Waals surface area contributed by atoms with E-state index in [1.165, 1.54) is 11.3 Å². The Bertz CT molecular complexity index is 1390. The van der Waals surface area contributed by atoms with Crippen LogP contribution in [0.3, 0.4) is 0 Å². The minimum absolute atomic E-state index is 0.0121. The Morgan fingerprint density at radius 3 is 2.51 bits per heavy atom. The standard InChI is InChI=1S/C26H25N3O5S/c1-3-34-26(32)23-20-16-35-24(27-21(30)11-7-10-17-8-5-4-6-9-17)22(20)25(31)29(28-23)18-12-14-19(33-2)15-13-18/h4-6,8-9,12-16H,3,7,10-11H2,1-2H3,(H,27,30). The topological polar surface area (TPSA) is 99.5 Å². The first-order valence-electron chi connectivity index (χ1n) is 11.2. The van der Waals surface area contributed by atoms with E-state index in [4.69, 9.17) is 9.47 Å². The van der Waals surface area contributed by atoms with Gasteiger partial charge in [0.2, 0.25) is 5.91 Å². The van der Waals surface area contributed by atoms with Crippen LogP contribution in [-0.4, -0.2) is 35.4 Å². The molecule has 2 heterocycles. The Balaban J connectivity index is 1.66. The Hall–Kier alpha value is -3.98. The normalized spacial score (nSPS) is 10.8. The summed E-state index contributed by atoms with van der Waals surface area (Å²) in [6.45, 7) is 1.86. The third-order valence-corrected chi connectivity index (χ3v) is 6.30. The SMILES string of the molecule is CCOC(=O)c1nn(-c2ccc(OC)cc2)c(=O)c2c(NC(=O)CCCc3ccccc3)scc12. The van der Waals surface area contributed by atoms with Crippen LogP contribution in [0.1, 0.15) is 35.8 Å². The Morgan fingerprint density at radius 2 is 1.83 bits per heavy atom. The number of carbonyl (C=O) groups is 2. The molecule has 0 saturated heterocycles. The number of carbonyl (C=O) groups excluding carboxylic acids is 2. The highest BCUT2D eigenvalue weighted by molar-refractivity contribution is 7.16. The second-order valence-corrected chi connectivity index (χ2v) is 8.60. The molecule has 4 aromatic rings. The van der Waals surface area contributed by atoms with Crippen molar-refractivity contribution in [2.45, 2.75) is 26.2 Å². The van der Waals surface area contributed by atoms with Crippen molar-refractivity contribution in [2.24, 2.45) is 0 Å². The number of fused-ring (bicyclic) bond motifs is 1. The Morgan fingerprint density at radius 1 is 1.09 bits per heavy atom. The van der Waals surface area contributed by atoms with Crippen LogP contribution in [0.25, 0.3) is 16.5 Å². The van der Waals surface area contributed by atoms with Crippen molar-refractivity contribution >= 4 is 39.0 Å².